The monoisotopic (exact) mass is 298 g/mol. The van der Waals surface area contributed by atoms with Gasteiger partial charge in [-0.15, -0.1) is 0 Å². The molecule has 0 aliphatic carbocycles. The summed E-state index contributed by atoms with van der Waals surface area (Å²) in [5.41, 5.74) is 1.02. The highest BCUT2D eigenvalue weighted by Gasteiger charge is 2.04. The van der Waals surface area contributed by atoms with Crippen LogP contribution in [0.2, 0.25) is 0 Å². The Balaban J connectivity index is 2.51. The largest absolute Gasteiger partial charge is 0.469 e. The zero-order chi connectivity index (χ0) is 18.2. The summed E-state index contributed by atoms with van der Waals surface area (Å²) in [5.74, 6) is -1.10. The minimum atomic E-state index is -2.30. The summed E-state index contributed by atoms with van der Waals surface area (Å²) in [6.45, 7) is 0. The lowest BCUT2D eigenvalue weighted by atomic mass is 10.1. The van der Waals surface area contributed by atoms with Crippen LogP contribution in [-0.2, 0) is 20.1 Å². The molecule has 0 bridgehead atoms. The standard InChI is InChI=1S/C16H22O3S/c1-19-16(18)10-6-5-9-15(17)11-12-20-13-14-7-3-2-4-8-14/h2-4,7-8H,5-6,9-13H2,1H3/i9D2,11D2. The maximum atomic E-state index is 12.2. The number of rotatable bonds is 10. The van der Waals surface area contributed by atoms with Gasteiger partial charge in [-0.05, 0) is 18.4 Å². The van der Waals surface area contributed by atoms with Gasteiger partial charge in [-0.3, -0.25) is 9.59 Å². The lowest BCUT2D eigenvalue weighted by Gasteiger charge is -2.02. The molecule has 1 aromatic rings. The molecule has 0 radical (unpaired) electrons. The van der Waals surface area contributed by atoms with E-state index in [0.29, 0.717) is 5.75 Å². The van der Waals surface area contributed by atoms with Crippen molar-refractivity contribution in [3.63, 3.8) is 0 Å². The van der Waals surface area contributed by atoms with Gasteiger partial charge in [0.15, 0.2) is 0 Å². The highest BCUT2D eigenvalue weighted by Crippen LogP contribution is 2.13. The van der Waals surface area contributed by atoms with Crippen molar-refractivity contribution in [3.8, 4) is 0 Å². The highest BCUT2D eigenvalue weighted by molar-refractivity contribution is 7.98. The minimum absolute atomic E-state index is 0.00898. The average Bonchev–Trinajstić information content (AvgIpc) is 2.54. The number of methoxy groups -OCH3 is 1. The fourth-order valence-electron chi connectivity index (χ4n) is 1.46. The highest BCUT2D eigenvalue weighted by atomic mass is 32.2. The van der Waals surface area contributed by atoms with Crippen molar-refractivity contribution in [1.82, 2.24) is 0 Å². The van der Waals surface area contributed by atoms with Crippen molar-refractivity contribution >= 4 is 23.5 Å². The number of hydrogen-bond acceptors (Lipinski definition) is 4. The van der Waals surface area contributed by atoms with Gasteiger partial charge in [0.25, 0.3) is 0 Å². The van der Waals surface area contributed by atoms with Gasteiger partial charge in [0.05, 0.1) is 7.11 Å². The zero-order valence-corrected chi connectivity index (χ0v) is 12.4. The van der Waals surface area contributed by atoms with Gasteiger partial charge in [0.2, 0.25) is 0 Å². The number of benzene rings is 1. The number of ether oxygens (including phenoxy) is 1. The second kappa shape index (κ2) is 10.5. The zero-order valence-electron chi connectivity index (χ0n) is 15.6. The molecule has 110 valence electrons. The summed E-state index contributed by atoms with van der Waals surface area (Å²) in [6.07, 6.45) is -4.61. The third-order valence-corrected chi connectivity index (χ3v) is 3.40. The van der Waals surface area contributed by atoms with Gasteiger partial charge in [0, 0.05) is 36.2 Å². The quantitative estimate of drug-likeness (QED) is 0.619. The van der Waals surface area contributed by atoms with Gasteiger partial charge in [-0.25, -0.2) is 0 Å². The topological polar surface area (TPSA) is 43.4 Å². The molecule has 3 nitrogen and oxygen atoms in total. The lowest BCUT2D eigenvalue weighted by molar-refractivity contribution is -0.140. The molecule has 0 atom stereocenters. The molecule has 1 aromatic carbocycles. The predicted molar refractivity (Wildman–Crippen MR) is 82.7 cm³/mol. The fourth-order valence-corrected chi connectivity index (χ4v) is 2.22. The van der Waals surface area contributed by atoms with Gasteiger partial charge < -0.3 is 4.74 Å². The molecule has 0 saturated heterocycles. The first kappa shape index (κ1) is 11.4. The first-order valence-electron chi connectivity index (χ1n) is 8.42. The van der Waals surface area contributed by atoms with Crippen LogP contribution in [0, 0.1) is 0 Å². The molecule has 0 aliphatic heterocycles. The van der Waals surface area contributed by atoms with Gasteiger partial charge in [0.1, 0.15) is 5.78 Å². The molecule has 0 fully saturated rings. The van der Waals surface area contributed by atoms with Gasteiger partial charge in [-0.1, -0.05) is 30.3 Å². The molecule has 0 aliphatic rings. The maximum absolute atomic E-state index is 12.2. The lowest BCUT2D eigenvalue weighted by Crippen LogP contribution is -2.02. The van der Waals surface area contributed by atoms with E-state index in [4.69, 9.17) is 5.48 Å². The van der Waals surface area contributed by atoms with Crippen LogP contribution in [0.15, 0.2) is 30.3 Å². The van der Waals surface area contributed by atoms with Crippen LogP contribution in [0.5, 0.6) is 0 Å². The summed E-state index contributed by atoms with van der Waals surface area (Å²) in [5, 5.41) is 0. The third-order valence-electron chi connectivity index (χ3n) is 2.52. The Morgan fingerprint density at radius 1 is 1.20 bits per heavy atom. The number of carbonyl (C=O) groups is 2. The molecule has 4 heteroatoms. The van der Waals surface area contributed by atoms with Crippen molar-refractivity contribution in [1.29, 1.82) is 0 Å². The third kappa shape index (κ3) is 8.00. The molecular weight excluding hydrogens is 272 g/mol. The normalized spacial score (nSPS) is 14.7. The van der Waals surface area contributed by atoms with E-state index in [1.807, 2.05) is 30.3 Å². The van der Waals surface area contributed by atoms with Crippen molar-refractivity contribution in [2.75, 3.05) is 12.9 Å². The summed E-state index contributed by atoms with van der Waals surface area (Å²) >= 11 is 1.25. The van der Waals surface area contributed by atoms with E-state index >= 15 is 0 Å². The number of thioether (sulfide) groups is 1. The summed E-state index contributed by atoms with van der Waals surface area (Å²) in [4.78, 5) is 23.2. The Morgan fingerprint density at radius 2 is 1.95 bits per heavy atom. The second-order valence-corrected chi connectivity index (χ2v) is 5.08. The van der Waals surface area contributed by atoms with Crippen LogP contribution in [0.1, 0.15) is 43.1 Å². The Labute approximate surface area is 130 Å². The number of carbonyl (C=O) groups excluding carboxylic acids is 2. The smallest absolute Gasteiger partial charge is 0.305 e. The number of esters is 1. The van der Waals surface area contributed by atoms with E-state index in [2.05, 4.69) is 4.74 Å². The van der Waals surface area contributed by atoms with Crippen molar-refractivity contribution in [2.45, 2.75) is 37.8 Å². The van der Waals surface area contributed by atoms with E-state index in [-0.39, 0.29) is 25.0 Å². The molecule has 0 amide bonds. The molecule has 1 rings (SSSR count). The van der Waals surface area contributed by atoms with Crippen LogP contribution in [-0.4, -0.2) is 24.6 Å². The Bertz CT molecular complexity index is 550. The maximum Gasteiger partial charge on any atom is 0.305 e. The molecule has 0 saturated carbocycles. The molecule has 20 heavy (non-hydrogen) atoms. The number of hydrogen-bond donors (Lipinski definition) is 0. The Hall–Kier alpha value is -1.29. The van der Waals surface area contributed by atoms with Crippen LogP contribution >= 0.6 is 11.8 Å². The first-order chi connectivity index (χ1) is 11.2. The first-order valence-corrected chi connectivity index (χ1v) is 7.58. The average molecular weight is 298 g/mol. The van der Waals surface area contributed by atoms with E-state index < -0.39 is 24.5 Å². The van der Waals surface area contributed by atoms with Crippen molar-refractivity contribution < 1.29 is 19.8 Å². The second-order valence-electron chi connectivity index (χ2n) is 4.09. The Morgan fingerprint density at radius 3 is 2.65 bits per heavy atom. The molecule has 0 heterocycles. The Kier molecular flexibility index (Phi) is 5.97. The van der Waals surface area contributed by atoms with E-state index in [1.54, 1.807) is 0 Å². The van der Waals surface area contributed by atoms with Crippen LogP contribution in [0.25, 0.3) is 0 Å². The summed E-state index contributed by atoms with van der Waals surface area (Å²) < 4.78 is 35.8. The molecule has 0 aromatic heterocycles. The van der Waals surface area contributed by atoms with Crippen molar-refractivity contribution in [2.24, 2.45) is 0 Å². The summed E-state index contributed by atoms with van der Waals surface area (Å²) in [7, 11) is 1.24. The fraction of sp³-hybridized carbons (Fsp3) is 0.500. The minimum Gasteiger partial charge on any atom is -0.469 e. The van der Waals surface area contributed by atoms with Crippen LogP contribution in [0.3, 0.4) is 0 Å². The van der Waals surface area contributed by atoms with Gasteiger partial charge in [-0.2, -0.15) is 11.8 Å². The molecular formula is C16H22O3S. The molecule has 0 unspecified atom stereocenters. The van der Waals surface area contributed by atoms with Crippen molar-refractivity contribution in [3.05, 3.63) is 35.9 Å². The number of Topliss-reactive ketones (excluding diaryl/α,β-unsaturated/α-hetero) is 1. The van der Waals surface area contributed by atoms with Crippen LogP contribution < -0.4 is 0 Å². The SMILES string of the molecule is [2H]C([2H])(CCCC(=O)OC)C(=O)C([2H])([2H])CSCc1ccccc1. The van der Waals surface area contributed by atoms with Gasteiger partial charge >= 0.3 is 5.97 Å². The predicted octanol–water partition coefficient (Wildman–Crippen LogP) is 3.61. The van der Waals surface area contributed by atoms with Crippen LogP contribution in [0.4, 0.5) is 0 Å². The number of ketones is 1. The summed E-state index contributed by atoms with van der Waals surface area (Å²) in [6, 6.07) is 9.48. The molecule has 0 spiro atoms. The van der Waals surface area contributed by atoms with E-state index in [1.165, 1.54) is 18.9 Å². The van der Waals surface area contributed by atoms with E-state index in [9.17, 15) is 9.59 Å². The molecule has 0 N–H and O–H groups in total. The van der Waals surface area contributed by atoms with E-state index in [0.717, 1.165) is 5.56 Å².